The summed E-state index contributed by atoms with van der Waals surface area (Å²) < 4.78 is 0. The first-order valence-corrected chi connectivity index (χ1v) is 12.7. The highest BCUT2D eigenvalue weighted by molar-refractivity contribution is 7.13. The van der Waals surface area contributed by atoms with Crippen LogP contribution in [0.3, 0.4) is 0 Å². The summed E-state index contributed by atoms with van der Waals surface area (Å²) in [5.41, 5.74) is 0.298. The first-order chi connectivity index (χ1) is 17.6. The molecule has 3 heterocycles. The van der Waals surface area contributed by atoms with Crippen LogP contribution in [0, 0.1) is 11.3 Å². The Labute approximate surface area is 226 Å². The number of hydrogen-bond acceptors (Lipinski definition) is 7. The topological polar surface area (TPSA) is 118 Å². The Balaban J connectivity index is 1.56. The van der Waals surface area contributed by atoms with Crippen molar-refractivity contribution in [2.45, 2.75) is 18.0 Å². The molecule has 0 saturated carbocycles. The zero-order valence-corrected chi connectivity index (χ0v) is 21.7. The Morgan fingerprint density at radius 1 is 1.22 bits per heavy atom. The van der Waals surface area contributed by atoms with Gasteiger partial charge >= 0.3 is 12.0 Å². The van der Waals surface area contributed by atoms with E-state index >= 15 is 0 Å². The van der Waals surface area contributed by atoms with Crippen LogP contribution in [-0.4, -0.2) is 63.5 Å². The van der Waals surface area contributed by atoms with Gasteiger partial charge in [-0.15, -0.1) is 11.3 Å². The predicted molar refractivity (Wildman–Crippen MR) is 138 cm³/mol. The number of halogens is 2. The van der Waals surface area contributed by atoms with Crippen LogP contribution in [0.4, 0.5) is 10.5 Å². The van der Waals surface area contributed by atoms with E-state index in [1.165, 1.54) is 29.3 Å². The lowest BCUT2D eigenvalue weighted by Crippen LogP contribution is -2.53. The van der Waals surface area contributed by atoms with Gasteiger partial charge in [-0.05, 0) is 35.9 Å². The van der Waals surface area contributed by atoms with Crippen LogP contribution in [0.25, 0.3) is 0 Å². The number of aromatic carboxylic acids is 1. The van der Waals surface area contributed by atoms with Gasteiger partial charge in [-0.1, -0.05) is 35.3 Å². The SMILES string of the molecule is CN1C(=O)N(c2cc(Cl)cc(Cl)c2)C(=O)[C@]12CN(Cc1ncc(C(=O)O)s1)C[C@H]2c1ccc(C#N)cc1. The molecule has 0 radical (unpaired) electrons. The third-order valence-electron chi connectivity index (χ3n) is 6.80. The molecular weight excluding hydrogens is 537 g/mol. The van der Waals surface area contributed by atoms with Gasteiger partial charge in [0.2, 0.25) is 0 Å². The van der Waals surface area contributed by atoms with Crippen LogP contribution < -0.4 is 4.90 Å². The number of aromatic nitrogens is 1. The van der Waals surface area contributed by atoms with E-state index in [1.807, 2.05) is 4.90 Å². The molecule has 1 spiro atoms. The first kappa shape index (κ1) is 25.2. The minimum Gasteiger partial charge on any atom is -0.477 e. The molecule has 2 atom stereocenters. The number of carbonyl (C=O) groups is 3. The third-order valence-corrected chi connectivity index (χ3v) is 8.21. The average Bonchev–Trinajstić information content (AvgIpc) is 3.53. The second-order valence-corrected chi connectivity index (χ2v) is 10.9. The molecule has 37 heavy (non-hydrogen) atoms. The molecular formula is C25H19Cl2N5O4S. The number of carboxylic acids is 1. The minimum atomic E-state index is -1.26. The molecule has 3 amide bonds. The van der Waals surface area contributed by atoms with Gasteiger partial charge in [-0.3, -0.25) is 9.69 Å². The van der Waals surface area contributed by atoms with Crippen molar-refractivity contribution in [1.29, 1.82) is 5.26 Å². The van der Waals surface area contributed by atoms with E-state index in [0.29, 0.717) is 33.7 Å². The minimum absolute atomic E-state index is 0.126. The molecule has 2 aliphatic rings. The maximum absolute atomic E-state index is 14.2. The number of benzene rings is 2. The van der Waals surface area contributed by atoms with Crippen molar-refractivity contribution in [3.8, 4) is 6.07 Å². The van der Waals surface area contributed by atoms with Crippen LogP contribution in [0.2, 0.25) is 10.0 Å². The quantitative estimate of drug-likeness (QED) is 0.461. The average molecular weight is 556 g/mol. The number of likely N-dealkylation sites (N-methyl/N-ethyl adjacent to an activating group) is 1. The van der Waals surface area contributed by atoms with E-state index in [4.69, 9.17) is 23.2 Å². The first-order valence-electron chi connectivity index (χ1n) is 11.1. The van der Waals surface area contributed by atoms with Gasteiger partial charge in [0, 0.05) is 36.1 Å². The Morgan fingerprint density at radius 3 is 2.49 bits per heavy atom. The Hall–Kier alpha value is -3.49. The number of hydrogen-bond donors (Lipinski definition) is 1. The highest BCUT2D eigenvalue weighted by Crippen LogP contribution is 2.47. The monoisotopic (exact) mass is 555 g/mol. The van der Waals surface area contributed by atoms with Gasteiger partial charge in [0.1, 0.15) is 15.4 Å². The molecule has 2 aromatic carbocycles. The molecule has 2 saturated heterocycles. The summed E-state index contributed by atoms with van der Waals surface area (Å²) in [4.78, 5) is 47.9. The molecule has 5 rings (SSSR count). The van der Waals surface area contributed by atoms with Crippen molar-refractivity contribution in [2.24, 2.45) is 0 Å². The summed E-state index contributed by atoms with van der Waals surface area (Å²) >= 11 is 13.4. The molecule has 2 fully saturated rings. The fourth-order valence-corrected chi connectivity index (χ4v) is 6.40. The summed E-state index contributed by atoms with van der Waals surface area (Å²) in [5.74, 6) is -1.90. The molecule has 9 nitrogen and oxygen atoms in total. The molecule has 188 valence electrons. The van der Waals surface area contributed by atoms with Crippen molar-refractivity contribution in [3.05, 3.63) is 79.7 Å². The fraction of sp³-hybridized carbons (Fsp3) is 0.240. The standard InChI is InChI=1S/C25H19Cl2N5O4S/c1-30-24(36)32(18-7-16(26)6-17(27)8-18)23(35)25(30)13-31(12-21-29-10-20(37-21)22(33)34)11-19(25)15-4-2-14(9-28)3-5-15/h2-8,10,19H,11-13H2,1H3,(H,33,34)/t19-,25+/m0/s1. The second-order valence-electron chi connectivity index (χ2n) is 8.91. The van der Waals surface area contributed by atoms with E-state index in [9.17, 15) is 24.8 Å². The van der Waals surface area contributed by atoms with E-state index in [2.05, 4.69) is 11.1 Å². The number of amides is 3. The normalized spacial score (nSPS) is 21.7. The number of nitriles is 1. The number of carbonyl (C=O) groups excluding carboxylic acids is 2. The number of urea groups is 1. The number of thiazole rings is 1. The molecule has 3 aromatic rings. The zero-order chi connectivity index (χ0) is 26.5. The van der Waals surface area contributed by atoms with Crippen LogP contribution in [0.5, 0.6) is 0 Å². The fourth-order valence-electron chi connectivity index (χ4n) is 5.09. The lowest BCUT2D eigenvalue weighted by atomic mass is 9.80. The molecule has 0 aliphatic carbocycles. The van der Waals surface area contributed by atoms with Crippen LogP contribution in [0.1, 0.15) is 31.7 Å². The van der Waals surface area contributed by atoms with Crippen molar-refractivity contribution < 1.29 is 19.5 Å². The largest absolute Gasteiger partial charge is 0.477 e. The number of nitrogens with zero attached hydrogens (tertiary/aromatic N) is 5. The van der Waals surface area contributed by atoms with Gasteiger partial charge < -0.3 is 10.0 Å². The van der Waals surface area contributed by atoms with E-state index in [1.54, 1.807) is 31.3 Å². The van der Waals surface area contributed by atoms with Crippen LogP contribution in [0.15, 0.2) is 48.7 Å². The van der Waals surface area contributed by atoms with Crippen LogP contribution >= 0.6 is 34.5 Å². The lowest BCUT2D eigenvalue weighted by molar-refractivity contribution is -0.124. The Morgan fingerprint density at radius 2 is 1.89 bits per heavy atom. The number of rotatable bonds is 5. The van der Waals surface area contributed by atoms with Gasteiger partial charge in [-0.25, -0.2) is 19.5 Å². The van der Waals surface area contributed by atoms with E-state index in [0.717, 1.165) is 21.8 Å². The predicted octanol–water partition coefficient (Wildman–Crippen LogP) is 4.46. The number of carboxylic acid groups (broad SMARTS) is 1. The molecule has 2 aliphatic heterocycles. The van der Waals surface area contributed by atoms with Gasteiger partial charge in [0.25, 0.3) is 5.91 Å². The summed E-state index contributed by atoms with van der Waals surface area (Å²) in [7, 11) is 1.60. The van der Waals surface area contributed by atoms with Crippen LogP contribution in [-0.2, 0) is 11.3 Å². The molecule has 0 unspecified atom stereocenters. The molecule has 12 heteroatoms. The van der Waals surface area contributed by atoms with Gasteiger partial charge in [-0.2, -0.15) is 5.26 Å². The number of imide groups is 1. The maximum atomic E-state index is 14.2. The number of anilines is 1. The number of likely N-dealkylation sites (tertiary alicyclic amines) is 1. The molecule has 1 aromatic heterocycles. The highest BCUT2D eigenvalue weighted by atomic mass is 35.5. The van der Waals surface area contributed by atoms with E-state index < -0.39 is 29.4 Å². The zero-order valence-electron chi connectivity index (χ0n) is 19.4. The van der Waals surface area contributed by atoms with Gasteiger partial charge in [0.05, 0.1) is 30.1 Å². The highest BCUT2D eigenvalue weighted by Gasteiger charge is 2.64. The van der Waals surface area contributed by atoms with Crippen molar-refractivity contribution in [3.63, 3.8) is 0 Å². The van der Waals surface area contributed by atoms with E-state index in [-0.39, 0.29) is 17.1 Å². The third kappa shape index (κ3) is 4.24. The summed E-state index contributed by atoms with van der Waals surface area (Å²) in [6, 6.07) is 13.1. The Kier molecular flexibility index (Phi) is 6.41. The van der Waals surface area contributed by atoms with Crippen molar-refractivity contribution in [1.82, 2.24) is 14.8 Å². The van der Waals surface area contributed by atoms with Crippen molar-refractivity contribution >= 4 is 58.1 Å². The molecule has 1 N–H and O–H groups in total. The lowest BCUT2D eigenvalue weighted by Gasteiger charge is -2.34. The smallest absolute Gasteiger partial charge is 0.347 e. The van der Waals surface area contributed by atoms with Crippen molar-refractivity contribution in [2.75, 3.05) is 25.0 Å². The molecule has 0 bridgehead atoms. The summed E-state index contributed by atoms with van der Waals surface area (Å²) in [5, 5.41) is 19.7. The second kappa shape index (κ2) is 9.43. The maximum Gasteiger partial charge on any atom is 0.347 e. The summed E-state index contributed by atoms with van der Waals surface area (Å²) in [6.07, 6.45) is 1.31. The summed E-state index contributed by atoms with van der Waals surface area (Å²) in [6.45, 7) is 0.914. The Bertz CT molecular complexity index is 1450. The van der Waals surface area contributed by atoms with Gasteiger partial charge in [0.15, 0.2) is 0 Å².